The summed E-state index contributed by atoms with van der Waals surface area (Å²) in [5.41, 5.74) is 0.0333. The summed E-state index contributed by atoms with van der Waals surface area (Å²) < 4.78 is 13.3. The highest BCUT2D eigenvalue weighted by Gasteiger charge is 2.53. The Hall–Kier alpha value is -1.91. The fraction of sp³-hybridized carbons (Fsp3) is 0.556. The first-order valence-electron chi connectivity index (χ1n) is 8.26. The number of rotatable bonds is 4. The van der Waals surface area contributed by atoms with Crippen LogP contribution in [0, 0.1) is 11.7 Å². The van der Waals surface area contributed by atoms with E-state index < -0.39 is 5.41 Å². The molecule has 2 amide bonds. The summed E-state index contributed by atoms with van der Waals surface area (Å²) in [6.45, 7) is 5.08. The smallest absolute Gasteiger partial charge is 0.232 e. The lowest BCUT2D eigenvalue weighted by Gasteiger charge is -2.29. The van der Waals surface area contributed by atoms with E-state index in [1.54, 1.807) is 12.1 Å². The average Bonchev–Trinajstić information content (AvgIpc) is 3.06. The van der Waals surface area contributed by atoms with Crippen LogP contribution in [0.4, 0.5) is 4.39 Å². The number of hydrogen-bond donors (Lipinski definition) is 1. The van der Waals surface area contributed by atoms with Crippen LogP contribution in [0.1, 0.15) is 38.7 Å². The molecule has 1 aromatic rings. The molecule has 0 aromatic heterocycles. The maximum Gasteiger partial charge on any atom is 0.232 e. The monoisotopic (exact) mass is 318 g/mol. The first kappa shape index (κ1) is 16.0. The maximum absolute atomic E-state index is 13.3. The van der Waals surface area contributed by atoms with Gasteiger partial charge in [-0.1, -0.05) is 26.0 Å². The first-order valence-corrected chi connectivity index (χ1v) is 8.26. The Morgan fingerprint density at radius 2 is 2.09 bits per heavy atom. The molecule has 0 saturated carbocycles. The topological polar surface area (TPSA) is 49.4 Å². The SMILES string of the molecule is CC(C)CNC(=O)[C@@]1(c2ccc(F)cc2)C[C@@H]2CCC(=O)N2C1. The Balaban J connectivity index is 1.92. The molecule has 4 nitrogen and oxygen atoms in total. The summed E-state index contributed by atoms with van der Waals surface area (Å²) in [5, 5.41) is 3.01. The molecule has 124 valence electrons. The molecule has 2 atom stereocenters. The molecular formula is C18H23FN2O2. The minimum Gasteiger partial charge on any atom is -0.355 e. The van der Waals surface area contributed by atoms with Crippen molar-refractivity contribution >= 4 is 11.8 Å². The van der Waals surface area contributed by atoms with Gasteiger partial charge < -0.3 is 10.2 Å². The molecule has 0 aliphatic carbocycles. The molecule has 1 N–H and O–H groups in total. The van der Waals surface area contributed by atoms with Crippen molar-refractivity contribution in [1.82, 2.24) is 10.2 Å². The lowest BCUT2D eigenvalue weighted by molar-refractivity contribution is -0.129. The van der Waals surface area contributed by atoms with Crippen molar-refractivity contribution in [1.29, 1.82) is 0 Å². The summed E-state index contributed by atoms with van der Waals surface area (Å²) in [5.74, 6) is 0.101. The van der Waals surface area contributed by atoms with E-state index in [0.717, 1.165) is 12.0 Å². The summed E-state index contributed by atoms with van der Waals surface area (Å²) in [7, 11) is 0. The van der Waals surface area contributed by atoms with Crippen molar-refractivity contribution < 1.29 is 14.0 Å². The van der Waals surface area contributed by atoms with Crippen LogP contribution in [0.2, 0.25) is 0 Å². The second-order valence-electron chi connectivity index (χ2n) is 7.11. The van der Waals surface area contributed by atoms with Gasteiger partial charge in [-0.05, 0) is 36.5 Å². The molecule has 0 spiro atoms. The molecule has 0 unspecified atom stereocenters. The number of halogens is 1. The van der Waals surface area contributed by atoms with Crippen molar-refractivity contribution in [2.45, 2.75) is 44.6 Å². The van der Waals surface area contributed by atoms with Gasteiger partial charge in [-0.25, -0.2) is 4.39 Å². The minimum absolute atomic E-state index is 0.0555. The van der Waals surface area contributed by atoms with Gasteiger partial charge in [0.05, 0.1) is 5.41 Å². The standard InChI is InChI=1S/C18H23FN2O2/c1-12(2)10-20-17(23)18(13-3-5-14(19)6-4-13)9-15-7-8-16(22)21(15)11-18/h3-6,12,15H,7-11H2,1-2H3,(H,20,23)/t15-,18-/m0/s1. The van der Waals surface area contributed by atoms with E-state index in [9.17, 15) is 14.0 Å². The van der Waals surface area contributed by atoms with E-state index in [2.05, 4.69) is 5.32 Å². The quantitative estimate of drug-likeness (QED) is 0.925. The highest BCUT2D eigenvalue weighted by molar-refractivity contribution is 5.91. The molecular weight excluding hydrogens is 295 g/mol. The van der Waals surface area contributed by atoms with Crippen LogP contribution < -0.4 is 5.32 Å². The van der Waals surface area contributed by atoms with E-state index in [-0.39, 0.29) is 23.7 Å². The number of fused-ring (bicyclic) bond motifs is 1. The predicted molar refractivity (Wildman–Crippen MR) is 85.3 cm³/mol. The Labute approximate surface area is 136 Å². The second kappa shape index (κ2) is 5.95. The lowest BCUT2D eigenvalue weighted by atomic mass is 9.77. The highest BCUT2D eigenvalue weighted by atomic mass is 19.1. The zero-order valence-corrected chi connectivity index (χ0v) is 13.6. The van der Waals surface area contributed by atoms with Crippen LogP contribution in [0.25, 0.3) is 0 Å². The van der Waals surface area contributed by atoms with Crippen LogP contribution >= 0.6 is 0 Å². The number of hydrogen-bond acceptors (Lipinski definition) is 2. The minimum atomic E-state index is -0.761. The number of nitrogens with one attached hydrogen (secondary N) is 1. The Morgan fingerprint density at radius 1 is 1.39 bits per heavy atom. The third-order valence-corrected chi connectivity index (χ3v) is 4.98. The van der Waals surface area contributed by atoms with Crippen LogP contribution in [0.5, 0.6) is 0 Å². The van der Waals surface area contributed by atoms with Crippen molar-refractivity contribution in [2.24, 2.45) is 5.92 Å². The van der Waals surface area contributed by atoms with Gasteiger partial charge in [-0.15, -0.1) is 0 Å². The van der Waals surface area contributed by atoms with Crippen LogP contribution in [-0.2, 0) is 15.0 Å². The van der Waals surface area contributed by atoms with E-state index in [4.69, 9.17) is 0 Å². The molecule has 0 bridgehead atoms. The molecule has 3 rings (SSSR count). The average molecular weight is 318 g/mol. The van der Waals surface area contributed by atoms with Crippen LogP contribution in [0.15, 0.2) is 24.3 Å². The van der Waals surface area contributed by atoms with Crippen molar-refractivity contribution in [2.75, 3.05) is 13.1 Å². The van der Waals surface area contributed by atoms with E-state index >= 15 is 0 Å². The normalized spacial score (nSPS) is 26.7. The Morgan fingerprint density at radius 3 is 2.70 bits per heavy atom. The fourth-order valence-corrected chi connectivity index (χ4v) is 3.72. The highest BCUT2D eigenvalue weighted by Crippen LogP contribution is 2.43. The summed E-state index contributed by atoms with van der Waals surface area (Å²) in [4.78, 5) is 26.8. The summed E-state index contributed by atoms with van der Waals surface area (Å²) in [6.07, 6.45) is 1.99. The van der Waals surface area contributed by atoms with Crippen molar-refractivity contribution in [3.05, 3.63) is 35.6 Å². The molecule has 5 heteroatoms. The fourth-order valence-electron chi connectivity index (χ4n) is 3.72. The molecule has 2 aliphatic heterocycles. The van der Waals surface area contributed by atoms with Crippen molar-refractivity contribution in [3.63, 3.8) is 0 Å². The first-order chi connectivity index (χ1) is 10.9. The molecule has 2 heterocycles. The Bertz CT molecular complexity index is 614. The molecule has 1 aromatic carbocycles. The van der Waals surface area contributed by atoms with E-state index in [0.29, 0.717) is 31.8 Å². The third-order valence-electron chi connectivity index (χ3n) is 4.98. The van der Waals surface area contributed by atoms with Gasteiger partial charge in [0.1, 0.15) is 5.82 Å². The van der Waals surface area contributed by atoms with Gasteiger partial charge in [0.2, 0.25) is 11.8 Å². The zero-order chi connectivity index (χ0) is 16.6. The number of benzene rings is 1. The molecule has 2 aliphatic rings. The number of amides is 2. The third kappa shape index (κ3) is 2.84. The number of carbonyl (C=O) groups excluding carboxylic acids is 2. The number of nitrogens with zero attached hydrogens (tertiary/aromatic N) is 1. The molecule has 2 saturated heterocycles. The largest absolute Gasteiger partial charge is 0.355 e. The van der Waals surface area contributed by atoms with Gasteiger partial charge in [-0.3, -0.25) is 9.59 Å². The zero-order valence-electron chi connectivity index (χ0n) is 13.6. The lowest BCUT2D eigenvalue weighted by Crippen LogP contribution is -2.47. The van der Waals surface area contributed by atoms with E-state index in [1.807, 2.05) is 18.7 Å². The van der Waals surface area contributed by atoms with Gasteiger partial charge in [0.25, 0.3) is 0 Å². The predicted octanol–water partition coefficient (Wildman–Crippen LogP) is 2.23. The van der Waals surface area contributed by atoms with Gasteiger partial charge in [0, 0.05) is 25.6 Å². The summed E-state index contributed by atoms with van der Waals surface area (Å²) >= 11 is 0. The van der Waals surface area contributed by atoms with Gasteiger partial charge in [0.15, 0.2) is 0 Å². The molecule has 0 radical (unpaired) electrons. The van der Waals surface area contributed by atoms with Gasteiger partial charge >= 0.3 is 0 Å². The Kier molecular flexibility index (Phi) is 4.13. The molecule has 23 heavy (non-hydrogen) atoms. The number of carbonyl (C=O) groups is 2. The van der Waals surface area contributed by atoms with Crippen molar-refractivity contribution in [3.8, 4) is 0 Å². The molecule has 2 fully saturated rings. The van der Waals surface area contributed by atoms with Crippen LogP contribution in [-0.4, -0.2) is 35.8 Å². The second-order valence-corrected chi connectivity index (χ2v) is 7.11. The van der Waals surface area contributed by atoms with E-state index in [1.165, 1.54) is 12.1 Å². The van der Waals surface area contributed by atoms with Gasteiger partial charge in [-0.2, -0.15) is 0 Å². The maximum atomic E-state index is 13.3. The summed E-state index contributed by atoms with van der Waals surface area (Å²) in [6, 6.07) is 6.25. The van der Waals surface area contributed by atoms with Crippen LogP contribution in [0.3, 0.4) is 0 Å².